The highest BCUT2D eigenvalue weighted by atomic mass is 35.5. The van der Waals surface area contributed by atoms with Crippen LogP contribution >= 0.6 is 12.4 Å². The number of hydrogen-bond donors (Lipinski definition) is 2. The predicted molar refractivity (Wildman–Crippen MR) is 113 cm³/mol. The number of nitrogens with one attached hydrogen (secondary N) is 2. The van der Waals surface area contributed by atoms with Gasteiger partial charge in [0.2, 0.25) is 0 Å². The molecule has 1 aromatic carbocycles. The third-order valence-corrected chi connectivity index (χ3v) is 4.85. The van der Waals surface area contributed by atoms with Gasteiger partial charge in [-0.25, -0.2) is 0 Å². The van der Waals surface area contributed by atoms with Crippen molar-refractivity contribution >= 4 is 18.3 Å². The van der Waals surface area contributed by atoms with Gasteiger partial charge in [0.25, 0.3) is 5.91 Å². The fourth-order valence-corrected chi connectivity index (χ4v) is 3.29. The highest BCUT2D eigenvalue weighted by Crippen LogP contribution is 2.28. The molecule has 6 nitrogen and oxygen atoms in total. The Kier molecular flexibility index (Phi) is 7.89. The van der Waals surface area contributed by atoms with E-state index in [2.05, 4.69) is 47.8 Å². The van der Waals surface area contributed by atoms with Crippen LogP contribution in [0.5, 0.6) is 5.75 Å². The summed E-state index contributed by atoms with van der Waals surface area (Å²) in [6, 6.07) is 8.21. The quantitative estimate of drug-likeness (QED) is 0.772. The van der Waals surface area contributed by atoms with Gasteiger partial charge < -0.3 is 15.4 Å². The molecule has 0 spiro atoms. The van der Waals surface area contributed by atoms with E-state index in [0.717, 1.165) is 48.6 Å². The largest absolute Gasteiger partial charge is 0.481 e. The smallest absolute Gasteiger partial charge is 0.261 e. The van der Waals surface area contributed by atoms with Crippen molar-refractivity contribution in [1.29, 1.82) is 0 Å². The molecule has 0 radical (unpaired) electrons. The van der Waals surface area contributed by atoms with Gasteiger partial charge in [-0.15, -0.1) is 12.4 Å². The molecule has 3 rings (SSSR count). The molecule has 1 unspecified atom stereocenters. The summed E-state index contributed by atoms with van der Waals surface area (Å²) in [5.74, 6) is 0.991. The second kappa shape index (κ2) is 9.94. The average Bonchev–Trinajstić information content (AvgIpc) is 2.88. The van der Waals surface area contributed by atoms with Crippen LogP contribution in [0.3, 0.4) is 0 Å². The maximum absolute atomic E-state index is 12.5. The molecule has 2 heterocycles. The normalized spacial score (nSPS) is 14.6. The molecule has 1 aliphatic rings. The lowest BCUT2D eigenvalue weighted by Crippen LogP contribution is -2.36. The van der Waals surface area contributed by atoms with E-state index in [9.17, 15) is 4.79 Å². The Bertz CT molecular complexity index is 780. The minimum Gasteiger partial charge on any atom is -0.481 e. The van der Waals surface area contributed by atoms with Crippen molar-refractivity contribution in [1.82, 2.24) is 20.4 Å². The zero-order valence-corrected chi connectivity index (χ0v) is 17.9. The van der Waals surface area contributed by atoms with Crippen LogP contribution in [0.1, 0.15) is 55.6 Å². The van der Waals surface area contributed by atoms with E-state index >= 15 is 0 Å². The minimum atomic E-state index is -0.564. The second-order valence-electron chi connectivity index (χ2n) is 7.55. The zero-order valence-electron chi connectivity index (χ0n) is 17.1. The topological polar surface area (TPSA) is 68.2 Å². The number of hydrogen-bond acceptors (Lipinski definition) is 4. The molecule has 1 atom stereocenters. The number of ether oxygens (including phenoxy) is 1. The Morgan fingerprint density at radius 3 is 2.86 bits per heavy atom. The third-order valence-electron chi connectivity index (χ3n) is 4.85. The Hall–Kier alpha value is -2.05. The summed E-state index contributed by atoms with van der Waals surface area (Å²) >= 11 is 0. The molecule has 0 saturated heterocycles. The van der Waals surface area contributed by atoms with Crippen LogP contribution < -0.4 is 15.4 Å². The van der Waals surface area contributed by atoms with Crippen molar-refractivity contribution < 1.29 is 9.53 Å². The summed E-state index contributed by atoms with van der Waals surface area (Å²) in [6.45, 7) is 11.2. The summed E-state index contributed by atoms with van der Waals surface area (Å²) in [5, 5.41) is 10.9. The summed E-state index contributed by atoms with van der Waals surface area (Å²) in [4.78, 5) is 12.5. The predicted octanol–water partition coefficient (Wildman–Crippen LogP) is 3.31. The minimum absolute atomic E-state index is 0. The number of benzene rings is 1. The molecular formula is C21H31ClN4O2. The first-order valence-corrected chi connectivity index (χ1v) is 9.75. The van der Waals surface area contributed by atoms with Crippen molar-refractivity contribution in [3.8, 4) is 5.75 Å². The van der Waals surface area contributed by atoms with E-state index in [4.69, 9.17) is 4.74 Å². The van der Waals surface area contributed by atoms with Crippen molar-refractivity contribution in [2.75, 3.05) is 6.54 Å². The maximum Gasteiger partial charge on any atom is 0.261 e. The van der Waals surface area contributed by atoms with E-state index in [-0.39, 0.29) is 18.3 Å². The van der Waals surface area contributed by atoms with Gasteiger partial charge >= 0.3 is 0 Å². The molecular weight excluding hydrogens is 376 g/mol. The number of nitrogens with zero attached hydrogens (tertiary/aromatic N) is 2. The molecule has 0 saturated carbocycles. The molecule has 0 fully saturated rings. The summed E-state index contributed by atoms with van der Waals surface area (Å²) in [6.07, 6.45) is 0.506. The maximum atomic E-state index is 12.5. The fraction of sp³-hybridized carbons (Fsp3) is 0.524. The molecule has 1 amide bonds. The van der Waals surface area contributed by atoms with Gasteiger partial charge in [-0.2, -0.15) is 5.10 Å². The fourth-order valence-electron chi connectivity index (χ4n) is 3.29. The summed E-state index contributed by atoms with van der Waals surface area (Å²) < 4.78 is 8.02. The van der Waals surface area contributed by atoms with Crippen molar-refractivity contribution in [3.63, 3.8) is 0 Å². The highest BCUT2D eigenvalue weighted by molar-refractivity contribution is 5.85. The van der Waals surface area contributed by atoms with Gasteiger partial charge in [0, 0.05) is 13.1 Å². The molecule has 28 heavy (non-hydrogen) atoms. The number of aromatic nitrogens is 2. The van der Waals surface area contributed by atoms with Crippen molar-refractivity contribution in [2.24, 2.45) is 0 Å². The van der Waals surface area contributed by atoms with E-state index in [1.165, 1.54) is 5.69 Å². The van der Waals surface area contributed by atoms with Crippen LogP contribution in [0, 0.1) is 6.92 Å². The Balaban J connectivity index is 0.00000280. The number of fused-ring (bicyclic) bond motifs is 1. The average molecular weight is 407 g/mol. The Morgan fingerprint density at radius 2 is 2.11 bits per heavy atom. The Morgan fingerprint density at radius 1 is 1.32 bits per heavy atom. The standard InChI is InChI=1S/C21H30N4O2.ClH/c1-14(2)19-7-6-15(3)10-20(19)27-16(4)21(26)23-12-17-11-18-13-22-8-5-9-25(18)24-17;/h6-7,10-11,14,16,22H,5,8-9,12-13H2,1-4H3,(H,23,26);1H. The summed E-state index contributed by atoms with van der Waals surface area (Å²) in [7, 11) is 0. The first kappa shape index (κ1) is 22.2. The monoisotopic (exact) mass is 406 g/mol. The molecule has 0 aliphatic carbocycles. The van der Waals surface area contributed by atoms with Crippen LogP contribution in [0.25, 0.3) is 0 Å². The highest BCUT2D eigenvalue weighted by Gasteiger charge is 2.18. The SMILES string of the molecule is Cc1ccc(C(C)C)c(OC(C)C(=O)NCc2cc3n(n2)CCCNC3)c1.Cl. The molecule has 7 heteroatoms. The summed E-state index contributed by atoms with van der Waals surface area (Å²) in [5.41, 5.74) is 4.29. The van der Waals surface area contributed by atoms with Crippen LogP contribution in [-0.4, -0.2) is 28.3 Å². The van der Waals surface area contributed by atoms with Gasteiger partial charge in [-0.1, -0.05) is 26.0 Å². The van der Waals surface area contributed by atoms with Gasteiger partial charge in [0.05, 0.1) is 17.9 Å². The number of halogens is 1. The van der Waals surface area contributed by atoms with Gasteiger partial charge in [0.15, 0.2) is 6.10 Å². The molecule has 1 aromatic heterocycles. The third kappa shape index (κ3) is 5.49. The van der Waals surface area contributed by atoms with Crippen LogP contribution in [0.4, 0.5) is 0 Å². The van der Waals surface area contributed by atoms with E-state index in [0.29, 0.717) is 12.5 Å². The van der Waals surface area contributed by atoms with Crippen LogP contribution in [-0.2, 0) is 24.4 Å². The first-order valence-electron chi connectivity index (χ1n) is 9.75. The zero-order chi connectivity index (χ0) is 19.4. The van der Waals surface area contributed by atoms with E-state index in [1.54, 1.807) is 6.92 Å². The number of carbonyl (C=O) groups excluding carboxylic acids is 1. The molecule has 154 valence electrons. The second-order valence-corrected chi connectivity index (χ2v) is 7.55. The Labute approximate surface area is 173 Å². The lowest BCUT2D eigenvalue weighted by atomic mass is 10.0. The number of rotatable bonds is 6. The molecule has 1 aliphatic heterocycles. The first-order chi connectivity index (χ1) is 12.9. The van der Waals surface area contributed by atoms with Gasteiger partial charge in [0.1, 0.15) is 5.75 Å². The van der Waals surface area contributed by atoms with Crippen molar-refractivity contribution in [2.45, 2.75) is 65.8 Å². The molecule has 2 aromatic rings. The van der Waals surface area contributed by atoms with E-state index in [1.807, 2.05) is 17.7 Å². The van der Waals surface area contributed by atoms with Gasteiger partial charge in [-0.05, 0) is 56.0 Å². The van der Waals surface area contributed by atoms with E-state index < -0.39 is 6.10 Å². The number of amides is 1. The molecule has 2 N–H and O–H groups in total. The lowest BCUT2D eigenvalue weighted by molar-refractivity contribution is -0.127. The van der Waals surface area contributed by atoms with Crippen LogP contribution in [0.15, 0.2) is 24.3 Å². The molecule has 0 bridgehead atoms. The van der Waals surface area contributed by atoms with Gasteiger partial charge in [-0.3, -0.25) is 9.48 Å². The van der Waals surface area contributed by atoms with Crippen molar-refractivity contribution in [3.05, 3.63) is 46.8 Å². The lowest BCUT2D eigenvalue weighted by Gasteiger charge is -2.19. The van der Waals surface area contributed by atoms with Crippen LogP contribution in [0.2, 0.25) is 0 Å². The number of aryl methyl sites for hydroxylation is 2. The number of carbonyl (C=O) groups is 1.